The number of methoxy groups -OCH3 is 2. The van der Waals surface area contributed by atoms with Crippen molar-refractivity contribution in [2.24, 2.45) is 0 Å². The molecule has 0 aliphatic heterocycles. The minimum atomic E-state index is -3.74. The Hall–Kier alpha value is -1.92. The van der Waals surface area contributed by atoms with Gasteiger partial charge in [-0.3, -0.25) is 4.72 Å². The molecule has 2 aromatic rings. The van der Waals surface area contributed by atoms with Crippen LogP contribution in [0.5, 0.6) is 11.5 Å². The lowest BCUT2D eigenvalue weighted by Crippen LogP contribution is -2.13. The van der Waals surface area contributed by atoms with Crippen LogP contribution >= 0.6 is 11.6 Å². The molecule has 0 unspecified atom stereocenters. The van der Waals surface area contributed by atoms with Crippen LogP contribution in [0, 0.1) is 6.92 Å². The van der Waals surface area contributed by atoms with Crippen molar-refractivity contribution >= 4 is 27.3 Å². The second-order valence-corrected chi connectivity index (χ2v) is 6.70. The van der Waals surface area contributed by atoms with Crippen LogP contribution in [-0.4, -0.2) is 22.6 Å². The van der Waals surface area contributed by atoms with E-state index in [9.17, 15) is 8.42 Å². The lowest BCUT2D eigenvalue weighted by Gasteiger charge is -2.15. The molecular weight excluding hydrogens is 326 g/mol. The van der Waals surface area contributed by atoms with Crippen molar-refractivity contribution in [3.05, 3.63) is 47.0 Å². The van der Waals surface area contributed by atoms with Gasteiger partial charge in [-0.15, -0.1) is 0 Å². The fourth-order valence-corrected chi connectivity index (χ4v) is 3.13. The van der Waals surface area contributed by atoms with Crippen molar-refractivity contribution in [2.75, 3.05) is 18.9 Å². The predicted molar refractivity (Wildman–Crippen MR) is 86.5 cm³/mol. The van der Waals surface area contributed by atoms with Crippen LogP contribution in [0.2, 0.25) is 5.02 Å². The summed E-state index contributed by atoms with van der Waals surface area (Å²) in [4.78, 5) is 0.110. The van der Waals surface area contributed by atoms with Gasteiger partial charge in [-0.05, 0) is 42.8 Å². The summed E-state index contributed by atoms with van der Waals surface area (Å²) in [5.74, 6) is 0.977. The highest BCUT2D eigenvalue weighted by Crippen LogP contribution is 2.33. The molecule has 22 heavy (non-hydrogen) atoms. The first-order valence-electron chi connectivity index (χ1n) is 6.38. The van der Waals surface area contributed by atoms with Crippen molar-refractivity contribution in [1.82, 2.24) is 0 Å². The van der Waals surface area contributed by atoms with Crippen LogP contribution in [0.3, 0.4) is 0 Å². The number of ether oxygens (including phenoxy) is 2. The van der Waals surface area contributed by atoms with E-state index >= 15 is 0 Å². The van der Waals surface area contributed by atoms with Crippen LogP contribution in [0.4, 0.5) is 5.69 Å². The Morgan fingerprint density at radius 3 is 2.14 bits per heavy atom. The second-order valence-electron chi connectivity index (χ2n) is 4.58. The fourth-order valence-electron chi connectivity index (χ4n) is 1.95. The van der Waals surface area contributed by atoms with Gasteiger partial charge in [0.25, 0.3) is 10.0 Å². The normalized spacial score (nSPS) is 11.1. The molecule has 0 saturated carbocycles. The van der Waals surface area contributed by atoms with Crippen LogP contribution < -0.4 is 14.2 Å². The van der Waals surface area contributed by atoms with E-state index < -0.39 is 10.0 Å². The molecule has 1 N–H and O–H groups in total. The van der Waals surface area contributed by atoms with E-state index in [-0.39, 0.29) is 4.90 Å². The number of halogens is 1. The Bertz CT molecular complexity index is 773. The number of sulfonamides is 1. The summed E-state index contributed by atoms with van der Waals surface area (Å²) in [6, 6.07) is 9.19. The van der Waals surface area contributed by atoms with Crippen LogP contribution in [0.1, 0.15) is 5.56 Å². The standard InChI is InChI=1S/C15H16ClNO4S/c1-10-8-15(21-3)13(9-14(10)20-2)17-22(18,19)12-6-4-11(16)5-7-12/h4-9,17H,1-3H3. The second kappa shape index (κ2) is 6.46. The van der Waals surface area contributed by atoms with E-state index in [4.69, 9.17) is 21.1 Å². The number of hydrogen-bond acceptors (Lipinski definition) is 4. The van der Waals surface area contributed by atoms with Crippen molar-refractivity contribution in [2.45, 2.75) is 11.8 Å². The number of aryl methyl sites for hydroxylation is 1. The number of nitrogens with one attached hydrogen (secondary N) is 1. The van der Waals surface area contributed by atoms with E-state index in [0.717, 1.165) is 5.56 Å². The molecule has 0 atom stereocenters. The van der Waals surface area contributed by atoms with Gasteiger partial charge in [0.2, 0.25) is 0 Å². The topological polar surface area (TPSA) is 64.6 Å². The highest BCUT2D eigenvalue weighted by atomic mass is 35.5. The Labute approximate surface area is 134 Å². The molecule has 118 valence electrons. The molecule has 0 heterocycles. The Balaban J connectivity index is 2.42. The van der Waals surface area contributed by atoms with Crippen LogP contribution in [0.15, 0.2) is 41.3 Å². The molecule has 0 radical (unpaired) electrons. The molecule has 0 bridgehead atoms. The highest BCUT2D eigenvalue weighted by Gasteiger charge is 2.18. The molecule has 0 aliphatic carbocycles. The zero-order valence-corrected chi connectivity index (χ0v) is 14.0. The largest absolute Gasteiger partial charge is 0.496 e. The molecule has 7 heteroatoms. The van der Waals surface area contributed by atoms with Gasteiger partial charge in [-0.2, -0.15) is 0 Å². The highest BCUT2D eigenvalue weighted by molar-refractivity contribution is 7.92. The van der Waals surface area contributed by atoms with Gasteiger partial charge in [-0.25, -0.2) is 8.42 Å². The third-order valence-electron chi connectivity index (χ3n) is 3.09. The van der Waals surface area contributed by atoms with Crippen LogP contribution in [-0.2, 0) is 10.0 Å². The molecule has 0 aliphatic rings. The Morgan fingerprint density at radius 2 is 1.59 bits per heavy atom. The monoisotopic (exact) mass is 341 g/mol. The summed E-state index contributed by atoms with van der Waals surface area (Å²) in [5, 5.41) is 0.466. The summed E-state index contributed by atoms with van der Waals surface area (Å²) in [6.07, 6.45) is 0. The fraction of sp³-hybridized carbons (Fsp3) is 0.200. The van der Waals surface area contributed by atoms with Gasteiger partial charge in [0.1, 0.15) is 11.5 Å². The third-order valence-corrected chi connectivity index (χ3v) is 4.72. The van der Waals surface area contributed by atoms with Crippen molar-refractivity contribution in [3.63, 3.8) is 0 Å². The summed E-state index contributed by atoms with van der Waals surface area (Å²) >= 11 is 5.77. The summed E-state index contributed by atoms with van der Waals surface area (Å²) in [5.41, 5.74) is 1.15. The maximum Gasteiger partial charge on any atom is 0.262 e. The SMILES string of the molecule is COc1cc(NS(=O)(=O)c2ccc(Cl)cc2)c(OC)cc1C. The molecule has 2 aromatic carbocycles. The smallest absolute Gasteiger partial charge is 0.262 e. The minimum Gasteiger partial charge on any atom is -0.496 e. The predicted octanol–water partition coefficient (Wildman–Crippen LogP) is 3.47. The molecular formula is C15H16ClNO4S. The van der Waals surface area contributed by atoms with Crippen LogP contribution in [0.25, 0.3) is 0 Å². The zero-order valence-electron chi connectivity index (χ0n) is 12.4. The van der Waals surface area contributed by atoms with Gasteiger partial charge < -0.3 is 9.47 Å². The average Bonchev–Trinajstić information content (AvgIpc) is 2.48. The van der Waals surface area contributed by atoms with Crippen molar-refractivity contribution in [1.29, 1.82) is 0 Å². The minimum absolute atomic E-state index is 0.110. The van der Waals surface area contributed by atoms with E-state index in [2.05, 4.69) is 4.72 Å². The lowest BCUT2D eigenvalue weighted by molar-refractivity contribution is 0.402. The summed E-state index contributed by atoms with van der Waals surface area (Å²) in [7, 11) is -0.751. The average molecular weight is 342 g/mol. The quantitative estimate of drug-likeness (QED) is 0.904. The van der Waals surface area contributed by atoms with E-state index in [1.54, 1.807) is 12.1 Å². The van der Waals surface area contributed by atoms with E-state index in [1.807, 2.05) is 6.92 Å². The third kappa shape index (κ3) is 3.45. The molecule has 0 saturated heterocycles. The Morgan fingerprint density at radius 1 is 1.00 bits per heavy atom. The molecule has 5 nitrogen and oxygen atoms in total. The summed E-state index contributed by atoms with van der Waals surface area (Å²) < 4.78 is 37.8. The molecule has 0 aromatic heterocycles. The van der Waals surface area contributed by atoms with E-state index in [1.165, 1.54) is 38.5 Å². The number of benzene rings is 2. The first kappa shape index (κ1) is 16.5. The Kier molecular flexibility index (Phi) is 4.83. The van der Waals surface area contributed by atoms with Gasteiger partial charge in [0.05, 0.1) is 24.8 Å². The molecule has 0 fully saturated rings. The van der Waals surface area contributed by atoms with Crippen molar-refractivity contribution in [3.8, 4) is 11.5 Å². The number of rotatable bonds is 5. The maximum absolute atomic E-state index is 12.4. The van der Waals surface area contributed by atoms with E-state index in [0.29, 0.717) is 22.2 Å². The van der Waals surface area contributed by atoms with Gasteiger partial charge in [0.15, 0.2) is 0 Å². The maximum atomic E-state index is 12.4. The van der Waals surface area contributed by atoms with Gasteiger partial charge in [0, 0.05) is 11.1 Å². The van der Waals surface area contributed by atoms with Gasteiger partial charge >= 0.3 is 0 Å². The number of anilines is 1. The first-order valence-corrected chi connectivity index (χ1v) is 8.24. The molecule has 0 spiro atoms. The number of hydrogen-bond donors (Lipinski definition) is 1. The molecule has 2 rings (SSSR count). The van der Waals surface area contributed by atoms with Gasteiger partial charge in [-0.1, -0.05) is 11.6 Å². The lowest BCUT2D eigenvalue weighted by atomic mass is 10.2. The zero-order chi connectivity index (χ0) is 16.3. The first-order chi connectivity index (χ1) is 10.4. The summed E-state index contributed by atoms with van der Waals surface area (Å²) in [6.45, 7) is 1.85. The molecule has 0 amide bonds. The van der Waals surface area contributed by atoms with Crippen molar-refractivity contribution < 1.29 is 17.9 Å².